The van der Waals surface area contributed by atoms with Crippen molar-refractivity contribution in [2.75, 3.05) is 0 Å². The van der Waals surface area contributed by atoms with E-state index in [9.17, 15) is 0 Å². The fourth-order valence-corrected chi connectivity index (χ4v) is 3.91. The van der Waals surface area contributed by atoms with Crippen molar-refractivity contribution >= 4 is 11.6 Å². The molecule has 1 fully saturated rings. The van der Waals surface area contributed by atoms with Crippen LogP contribution in [0.2, 0.25) is 5.02 Å². The third-order valence-electron chi connectivity index (χ3n) is 4.91. The molecule has 21 heavy (non-hydrogen) atoms. The Morgan fingerprint density at radius 1 is 1.38 bits per heavy atom. The van der Waals surface area contributed by atoms with Gasteiger partial charge in [0.2, 0.25) is 0 Å². The van der Waals surface area contributed by atoms with Gasteiger partial charge in [-0.1, -0.05) is 25.4 Å². The van der Waals surface area contributed by atoms with Crippen molar-refractivity contribution in [3.05, 3.63) is 16.4 Å². The minimum atomic E-state index is 0.123. The van der Waals surface area contributed by atoms with E-state index >= 15 is 0 Å². The van der Waals surface area contributed by atoms with E-state index in [-0.39, 0.29) is 18.2 Å². The van der Waals surface area contributed by atoms with Gasteiger partial charge in [-0.15, -0.1) is 0 Å². The first kappa shape index (κ1) is 16.7. The van der Waals surface area contributed by atoms with Crippen molar-refractivity contribution in [2.45, 2.75) is 58.8 Å². The molecule has 0 radical (unpaired) electrons. The molecule has 2 heterocycles. The second-order valence-electron chi connectivity index (χ2n) is 6.14. The molecular formula is C15H27ClN4O. The summed E-state index contributed by atoms with van der Waals surface area (Å²) in [7, 11) is 1.94. The highest BCUT2D eigenvalue weighted by Gasteiger charge is 2.41. The number of hydrogen-bond donors (Lipinski definition) is 2. The molecule has 6 heteroatoms. The van der Waals surface area contributed by atoms with E-state index < -0.39 is 0 Å². The number of aryl methyl sites for hydroxylation is 2. The molecule has 2 rings (SSSR count). The summed E-state index contributed by atoms with van der Waals surface area (Å²) in [5, 5.41) is 5.25. The Bertz CT molecular complexity index is 490. The van der Waals surface area contributed by atoms with Crippen LogP contribution in [0.15, 0.2) is 0 Å². The molecule has 1 saturated heterocycles. The molecule has 0 amide bonds. The Morgan fingerprint density at radius 3 is 2.48 bits per heavy atom. The minimum absolute atomic E-state index is 0.123. The van der Waals surface area contributed by atoms with E-state index in [0.29, 0.717) is 11.8 Å². The van der Waals surface area contributed by atoms with E-state index in [1.54, 1.807) is 0 Å². The number of nitrogens with two attached hydrogens (primary N) is 1. The number of rotatable bonds is 5. The van der Waals surface area contributed by atoms with E-state index in [1.165, 1.54) is 0 Å². The zero-order valence-corrected chi connectivity index (χ0v) is 14.3. The first-order valence-corrected chi connectivity index (χ1v) is 8.10. The highest BCUT2D eigenvalue weighted by atomic mass is 35.5. The maximum Gasteiger partial charge on any atom is 0.0850 e. The monoisotopic (exact) mass is 314 g/mol. The standard InChI is InChI=1S/C15H27ClN4O/c1-6-11-15(16)13(20(5)19-11)7-12(18-17)14-8(2)9(3)21-10(14)4/h8-10,12,14,18H,6-7,17H2,1-5H3. The molecule has 3 N–H and O–H groups in total. The van der Waals surface area contributed by atoms with Gasteiger partial charge in [-0.05, 0) is 26.2 Å². The molecule has 5 unspecified atom stereocenters. The Balaban J connectivity index is 2.22. The Hall–Kier alpha value is -0.620. The molecule has 1 aliphatic rings. The van der Waals surface area contributed by atoms with Crippen molar-refractivity contribution in [3.63, 3.8) is 0 Å². The number of hydrogen-bond acceptors (Lipinski definition) is 4. The van der Waals surface area contributed by atoms with Gasteiger partial charge in [-0.3, -0.25) is 16.0 Å². The fraction of sp³-hybridized carbons (Fsp3) is 0.800. The summed E-state index contributed by atoms with van der Waals surface area (Å²) in [5.74, 6) is 6.65. The van der Waals surface area contributed by atoms with Gasteiger partial charge < -0.3 is 4.74 Å². The van der Waals surface area contributed by atoms with Crippen LogP contribution >= 0.6 is 11.6 Å². The highest BCUT2D eigenvalue weighted by Crippen LogP contribution is 2.36. The van der Waals surface area contributed by atoms with Gasteiger partial charge in [0.25, 0.3) is 0 Å². The number of nitrogens with zero attached hydrogens (tertiary/aromatic N) is 2. The molecule has 120 valence electrons. The number of aromatic nitrogens is 2. The lowest BCUT2D eigenvalue weighted by molar-refractivity contribution is 0.0475. The van der Waals surface area contributed by atoms with Gasteiger partial charge in [0.15, 0.2) is 0 Å². The maximum atomic E-state index is 6.46. The van der Waals surface area contributed by atoms with Crippen molar-refractivity contribution in [1.82, 2.24) is 15.2 Å². The SMILES string of the molecule is CCc1nn(C)c(CC(NN)C2C(C)OC(C)C2C)c1Cl. The maximum absolute atomic E-state index is 6.46. The van der Waals surface area contributed by atoms with E-state index in [0.717, 1.165) is 29.3 Å². The van der Waals surface area contributed by atoms with Crippen LogP contribution < -0.4 is 11.3 Å². The summed E-state index contributed by atoms with van der Waals surface area (Å²) in [5.41, 5.74) is 4.96. The third kappa shape index (κ3) is 3.11. The lowest BCUT2D eigenvalue weighted by Gasteiger charge is -2.28. The molecule has 5 nitrogen and oxygen atoms in total. The third-order valence-corrected chi connectivity index (χ3v) is 5.35. The van der Waals surface area contributed by atoms with Crippen LogP contribution in [0.4, 0.5) is 0 Å². The molecule has 0 spiro atoms. The van der Waals surface area contributed by atoms with Crippen LogP contribution in [-0.2, 0) is 24.6 Å². The summed E-state index contributed by atoms with van der Waals surface area (Å²) in [4.78, 5) is 0. The van der Waals surface area contributed by atoms with E-state index in [2.05, 4.69) is 38.2 Å². The van der Waals surface area contributed by atoms with E-state index in [4.69, 9.17) is 22.2 Å². The minimum Gasteiger partial charge on any atom is -0.375 e. The number of nitrogens with one attached hydrogen (secondary N) is 1. The number of hydrazine groups is 1. The molecule has 0 saturated carbocycles. The summed E-state index contributed by atoms with van der Waals surface area (Å²) in [6.45, 7) is 8.54. The average molecular weight is 315 g/mol. The topological polar surface area (TPSA) is 65.1 Å². The van der Waals surface area contributed by atoms with Crippen LogP contribution in [0.5, 0.6) is 0 Å². The largest absolute Gasteiger partial charge is 0.375 e. The van der Waals surface area contributed by atoms with Gasteiger partial charge >= 0.3 is 0 Å². The van der Waals surface area contributed by atoms with Gasteiger partial charge in [0.05, 0.1) is 28.6 Å². The second kappa shape index (κ2) is 6.65. The lowest BCUT2D eigenvalue weighted by atomic mass is 9.82. The van der Waals surface area contributed by atoms with Gasteiger partial charge in [0, 0.05) is 25.4 Å². The van der Waals surface area contributed by atoms with Crippen molar-refractivity contribution in [3.8, 4) is 0 Å². The van der Waals surface area contributed by atoms with Gasteiger partial charge in [-0.25, -0.2) is 0 Å². The first-order chi connectivity index (χ1) is 9.90. The zero-order chi connectivity index (χ0) is 15.7. The summed E-state index contributed by atoms with van der Waals surface area (Å²) in [6, 6.07) is 0.123. The zero-order valence-electron chi connectivity index (χ0n) is 13.6. The Kier molecular flexibility index (Phi) is 5.30. The Labute approximate surface area is 132 Å². The van der Waals surface area contributed by atoms with Crippen LogP contribution in [0.25, 0.3) is 0 Å². The smallest absolute Gasteiger partial charge is 0.0850 e. The van der Waals surface area contributed by atoms with Gasteiger partial charge in [0.1, 0.15) is 0 Å². The molecular weight excluding hydrogens is 288 g/mol. The van der Waals surface area contributed by atoms with Crippen LogP contribution in [0.1, 0.15) is 39.1 Å². The normalized spacial score (nSPS) is 30.8. The predicted molar refractivity (Wildman–Crippen MR) is 85.1 cm³/mol. The van der Waals surface area contributed by atoms with E-state index in [1.807, 2.05) is 11.7 Å². The quantitative estimate of drug-likeness (QED) is 0.645. The molecule has 1 aromatic rings. The molecule has 1 aliphatic heterocycles. The first-order valence-electron chi connectivity index (χ1n) is 7.72. The van der Waals surface area contributed by atoms with Crippen LogP contribution in [0.3, 0.4) is 0 Å². The van der Waals surface area contributed by atoms with Crippen LogP contribution in [-0.4, -0.2) is 28.0 Å². The number of halogens is 1. The molecule has 1 aromatic heterocycles. The predicted octanol–water partition coefficient (Wildman–Crippen LogP) is 2.07. The van der Waals surface area contributed by atoms with Crippen molar-refractivity contribution in [1.29, 1.82) is 0 Å². The molecule has 0 aromatic carbocycles. The lowest BCUT2D eigenvalue weighted by Crippen LogP contribution is -2.47. The molecule has 0 aliphatic carbocycles. The van der Waals surface area contributed by atoms with Gasteiger partial charge in [-0.2, -0.15) is 5.10 Å². The van der Waals surface area contributed by atoms with Crippen LogP contribution in [0, 0.1) is 11.8 Å². The summed E-state index contributed by atoms with van der Waals surface area (Å²) < 4.78 is 7.82. The fourth-order valence-electron chi connectivity index (χ4n) is 3.54. The molecule has 0 bridgehead atoms. The average Bonchev–Trinajstić information content (AvgIpc) is 2.86. The second-order valence-corrected chi connectivity index (χ2v) is 6.52. The Morgan fingerprint density at radius 2 is 2.05 bits per heavy atom. The molecule has 5 atom stereocenters. The summed E-state index contributed by atoms with van der Waals surface area (Å²) >= 11 is 6.46. The number of ether oxygens (including phenoxy) is 1. The summed E-state index contributed by atoms with van der Waals surface area (Å²) in [6.07, 6.45) is 2.04. The highest BCUT2D eigenvalue weighted by molar-refractivity contribution is 6.31. The van der Waals surface area contributed by atoms with Crippen molar-refractivity contribution < 1.29 is 4.74 Å². The van der Waals surface area contributed by atoms with Crippen molar-refractivity contribution in [2.24, 2.45) is 24.7 Å².